The van der Waals surface area contributed by atoms with Gasteiger partial charge < -0.3 is 16.0 Å². The highest BCUT2D eigenvalue weighted by molar-refractivity contribution is 5.97. The lowest BCUT2D eigenvalue weighted by molar-refractivity contribution is -0.123. The van der Waals surface area contributed by atoms with E-state index in [2.05, 4.69) is 20.9 Å². The molecule has 1 saturated heterocycles. The van der Waals surface area contributed by atoms with Gasteiger partial charge in [-0.1, -0.05) is 24.3 Å². The number of benzene rings is 1. The Labute approximate surface area is 159 Å². The number of aromatic nitrogens is 1. The van der Waals surface area contributed by atoms with Crippen LogP contribution in [0, 0.1) is 5.92 Å². The summed E-state index contributed by atoms with van der Waals surface area (Å²) in [5.41, 5.74) is 1.45. The molecule has 27 heavy (non-hydrogen) atoms. The highest BCUT2D eigenvalue weighted by atomic mass is 16.2. The second-order valence-corrected chi connectivity index (χ2v) is 6.90. The number of carbonyl (C=O) groups excluding carboxylic acids is 2. The molecule has 1 aliphatic rings. The van der Waals surface area contributed by atoms with Crippen molar-refractivity contribution in [2.75, 3.05) is 19.6 Å². The summed E-state index contributed by atoms with van der Waals surface area (Å²) in [7, 11) is 0. The Morgan fingerprint density at radius 1 is 1.19 bits per heavy atom. The first-order chi connectivity index (χ1) is 13.2. The van der Waals surface area contributed by atoms with Gasteiger partial charge in [-0.2, -0.15) is 0 Å². The van der Waals surface area contributed by atoms with Crippen molar-refractivity contribution in [1.82, 2.24) is 20.9 Å². The number of hydrogen-bond acceptors (Lipinski definition) is 4. The van der Waals surface area contributed by atoms with Crippen LogP contribution in [0.15, 0.2) is 54.9 Å². The van der Waals surface area contributed by atoms with Gasteiger partial charge in [0.05, 0.1) is 0 Å². The van der Waals surface area contributed by atoms with E-state index in [4.69, 9.17) is 0 Å². The SMILES string of the molecule is O=C(NC(Cc1cccnc1)C(=O)NCCC1CCNC1)c1ccccc1. The molecule has 0 spiro atoms. The van der Waals surface area contributed by atoms with Gasteiger partial charge in [0.1, 0.15) is 6.04 Å². The monoisotopic (exact) mass is 366 g/mol. The van der Waals surface area contributed by atoms with Gasteiger partial charge in [0.15, 0.2) is 0 Å². The predicted octanol–water partition coefficient (Wildman–Crippen LogP) is 1.54. The summed E-state index contributed by atoms with van der Waals surface area (Å²) >= 11 is 0. The Morgan fingerprint density at radius 3 is 2.74 bits per heavy atom. The average Bonchev–Trinajstić information content (AvgIpc) is 3.22. The lowest BCUT2D eigenvalue weighted by Crippen LogP contribution is -2.48. The molecule has 142 valence electrons. The molecule has 6 nitrogen and oxygen atoms in total. The highest BCUT2D eigenvalue weighted by Crippen LogP contribution is 2.11. The number of amides is 2. The van der Waals surface area contributed by atoms with E-state index in [0.717, 1.165) is 31.5 Å². The first kappa shape index (κ1) is 19.0. The number of nitrogens with one attached hydrogen (secondary N) is 3. The maximum absolute atomic E-state index is 12.7. The fraction of sp³-hybridized carbons (Fsp3) is 0.381. The number of nitrogens with zero attached hydrogens (tertiary/aromatic N) is 1. The zero-order valence-electron chi connectivity index (χ0n) is 15.4. The van der Waals surface area contributed by atoms with Crippen molar-refractivity contribution < 1.29 is 9.59 Å². The molecule has 0 saturated carbocycles. The molecule has 1 aliphatic heterocycles. The van der Waals surface area contributed by atoms with Gasteiger partial charge in [-0.05, 0) is 55.6 Å². The Hall–Kier alpha value is -2.73. The van der Waals surface area contributed by atoms with Gasteiger partial charge in [0.25, 0.3) is 5.91 Å². The lowest BCUT2D eigenvalue weighted by Gasteiger charge is -2.19. The van der Waals surface area contributed by atoms with Gasteiger partial charge in [-0.15, -0.1) is 0 Å². The first-order valence-electron chi connectivity index (χ1n) is 9.45. The third-order valence-corrected chi connectivity index (χ3v) is 4.83. The standard InChI is InChI=1S/C21H26N4O2/c26-20(18-6-2-1-3-7-18)25-19(13-17-5-4-10-22-15-17)21(27)24-12-9-16-8-11-23-14-16/h1-7,10,15-16,19,23H,8-9,11-14H2,(H,24,27)(H,25,26). The summed E-state index contributed by atoms with van der Waals surface area (Å²) in [6, 6.07) is 12.0. The van der Waals surface area contributed by atoms with Crippen molar-refractivity contribution in [3.63, 3.8) is 0 Å². The molecule has 6 heteroatoms. The summed E-state index contributed by atoms with van der Waals surface area (Å²) in [6.45, 7) is 2.69. The van der Waals surface area contributed by atoms with E-state index in [0.29, 0.717) is 24.4 Å². The fourth-order valence-electron chi connectivity index (χ4n) is 3.28. The van der Waals surface area contributed by atoms with E-state index in [-0.39, 0.29) is 11.8 Å². The summed E-state index contributed by atoms with van der Waals surface area (Å²) in [4.78, 5) is 29.3. The smallest absolute Gasteiger partial charge is 0.251 e. The third kappa shape index (κ3) is 5.89. The van der Waals surface area contributed by atoms with Crippen LogP contribution < -0.4 is 16.0 Å². The van der Waals surface area contributed by atoms with Crippen molar-refractivity contribution in [3.05, 3.63) is 66.0 Å². The van der Waals surface area contributed by atoms with Gasteiger partial charge in [-0.25, -0.2) is 0 Å². The van der Waals surface area contributed by atoms with E-state index >= 15 is 0 Å². The van der Waals surface area contributed by atoms with Gasteiger partial charge in [0.2, 0.25) is 5.91 Å². The quantitative estimate of drug-likeness (QED) is 0.662. The summed E-state index contributed by atoms with van der Waals surface area (Å²) in [6.07, 6.45) is 5.92. The van der Waals surface area contributed by atoms with Gasteiger partial charge >= 0.3 is 0 Å². The molecule has 0 bridgehead atoms. The molecule has 2 aromatic rings. The average molecular weight is 366 g/mol. The summed E-state index contributed by atoms with van der Waals surface area (Å²) in [5, 5.41) is 9.19. The normalized spacial score (nSPS) is 17.3. The molecule has 0 aliphatic carbocycles. The number of carbonyl (C=O) groups is 2. The molecular weight excluding hydrogens is 340 g/mol. The molecular formula is C21H26N4O2. The van der Waals surface area contributed by atoms with E-state index in [1.807, 2.05) is 18.2 Å². The van der Waals surface area contributed by atoms with E-state index in [9.17, 15) is 9.59 Å². The zero-order chi connectivity index (χ0) is 18.9. The summed E-state index contributed by atoms with van der Waals surface area (Å²) in [5.74, 6) is 0.203. The third-order valence-electron chi connectivity index (χ3n) is 4.83. The maximum atomic E-state index is 12.7. The van der Waals surface area contributed by atoms with Crippen molar-refractivity contribution in [2.45, 2.75) is 25.3 Å². The minimum absolute atomic E-state index is 0.158. The van der Waals surface area contributed by atoms with Crippen LogP contribution in [0.25, 0.3) is 0 Å². The van der Waals surface area contributed by atoms with Crippen molar-refractivity contribution in [2.24, 2.45) is 5.92 Å². The number of rotatable bonds is 8. The predicted molar refractivity (Wildman–Crippen MR) is 104 cm³/mol. The largest absolute Gasteiger partial charge is 0.354 e. The van der Waals surface area contributed by atoms with Crippen LogP contribution >= 0.6 is 0 Å². The number of hydrogen-bond donors (Lipinski definition) is 3. The van der Waals surface area contributed by atoms with Crippen LogP contribution in [0.4, 0.5) is 0 Å². The van der Waals surface area contributed by atoms with Crippen LogP contribution in [-0.4, -0.2) is 42.5 Å². The second kappa shape index (κ2) is 9.83. The highest BCUT2D eigenvalue weighted by Gasteiger charge is 2.22. The molecule has 2 atom stereocenters. The molecule has 1 aromatic carbocycles. The van der Waals surface area contributed by atoms with Crippen LogP contribution in [0.1, 0.15) is 28.8 Å². The Bertz CT molecular complexity index is 730. The van der Waals surface area contributed by atoms with Crippen LogP contribution in [0.5, 0.6) is 0 Å². The summed E-state index contributed by atoms with van der Waals surface area (Å²) < 4.78 is 0. The molecule has 2 heterocycles. The molecule has 2 amide bonds. The Kier molecular flexibility index (Phi) is 6.93. The molecule has 3 rings (SSSR count). The van der Waals surface area contributed by atoms with Crippen molar-refractivity contribution >= 4 is 11.8 Å². The first-order valence-corrected chi connectivity index (χ1v) is 9.45. The Balaban J connectivity index is 1.61. The molecule has 3 N–H and O–H groups in total. The van der Waals surface area contributed by atoms with E-state index in [1.54, 1.807) is 36.7 Å². The second-order valence-electron chi connectivity index (χ2n) is 6.90. The van der Waals surface area contributed by atoms with Gasteiger partial charge in [-0.3, -0.25) is 14.6 Å². The topological polar surface area (TPSA) is 83.1 Å². The van der Waals surface area contributed by atoms with E-state index < -0.39 is 6.04 Å². The van der Waals surface area contributed by atoms with Crippen LogP contribution in [0.2, 0.25) is 0 Å². The van der Waals surface area contributed by atoms with Crippen LogP contribution in [-0.2, 0) is 11.2 Å². The minimum atomic E-state index is -0.636. The molecule has 1 aromatic heterocycles. The van der Waals surface area contributed by atoms with Crippen LogP contribution in [0.3, 0.4) is 0 Å². The maximum Gasteiger partial charge on any atom is 0.251 e. The fourth-order valence-corrected chi connectivity index (χ4v) is 3.28. The van der Waals surface area contributed by atoms with Crippen molar-refractivity contribution in [3.8, 4) is 0 Å². The van der Waals surface area contributed by atoms with E-state index in [1.165, 1.54) is 0 Å². The van der Waals surface area contributed by atoms with Gasteiger partial charge in [0, 0.05) is 30.9 Å². The molecule has 2 unspecified atom stereocenters. The molecule has 0 radical (unpaired) electrons. The molecule has 1 fully saturated rings. The zero-order valence-corrected chi connectivity index (χ0v) is 15.4. The number of pyridine rings is 1. The van der Waals surface area contributed by atoms with Crippen molar-refractivity contribution in [1.29, 1.82) is 0 Å². The Morgan fingerprint density at radius 2 is 2.04 bits per heavy atom. The minimum Gasteiger partial charge on any atom is -0.354 e. The lowest BCUT2D eigenvalue weighted by atomic mass is 10.0.